The minimum absolute atomic E-state index is 0.195. The molecular weight excluding hydrogens is 166 g/mol. The average Bonchev–Trinajstić information content (AvgIpc) is 2.13. The van der Waals surface area contributed by atoms with Crippen LogP contribution >= 0.6 is 0 Å². The van der Waals surface area contributed by atoms with Crippen molar-refractivity contribution in [2.24, 2.45) is 0 Å². The van der Waals surface area contributed by atoms with Crippen LogP contribution in [0.1, 0.15) is 19.8 Å². The molecule has 0 aliphatic rings. The highest BCUT2D eigenvalue weighted by atomic mass is 16.5. The molecule has 0 aromatic rings. The van der Waals surface area contributed by atoms with E-state index >= 15 is 0 Å². The fourth-order valence-electron chi connectivity index (χ4n) is 1.07. The minimum atomic E-state index is 0.195. The zero-order valence-corrected chi connectivity index (χ0v) is 8.47. The van der Waals surface area contributed by atoms with Gasteiger partial charge in [0, 0.05) is 32.7 Å². The summed E-state index contributed by atoms with van der Waals surface area (Å²) in [6, 6.07) is 0.244. The van der Waals surface area contributed by atoms with Crippen LogP contribution < -0.4 is 5.32 Å². The van der Waals surface area contributed by atoms with E-state index in [0.29, 0.717) is 6.61 Å². The lowest BCUT2D eigenvalue weighted by Gasteiger charge is -2.15. The van der Waals surface area contributed by atoms with Crippen molar-refractivity contribution in [2.75, 3.05) is 26.9 Å². The van der Waals surface area contributed by atoms with E-state index in [1.165, 1.54) is 0 Å². The molecule has 3 heteroatoms. The van der Waals surface area contributed by atoms with Gasteiger partial charge in [0.25, 0.3) is 0 Å². The Balaban J connectivity index is 3.47. The predicted molar refractivity (Wildman–Crippen MR) is 53.4 cm³/mol. The van der Waals surface area contributed by atoms with Crippen LogP contribution in [0.2, 0.25) is 0 Å². The Bertz CT molecular complexity index is 154. The first-order valence-electron chi connectivity index (χ1n) is 4.58. The molecule has 0 aliphatic heterocycles. The molecule has 0 aromatic carbocycles. The summed E-state index contributed by atoms with van der Waals surface area (Å²) in [6.45, 7) is 3.52. The largest absolute Gasteiger partial charge is 0.396 e. The Morgan fingerprint density at radius 1 is 1.54 bits per heavy atom. The maximum absolute atomic E-state index is 8.74. The van der Waals surface area contributed by atoms with Crippen molar-refractivity contribution >= 4 is 0 Å². The van der Waals surface area contributed by atoms with Crippen LogP contribution in [-0.2, 0) is 4.74 Å². The molecule has 76 valence electrons. The molecule has 0 saturated carbocycles. The molecule has 0 spiro atoms. The van der Waals surface area contributed by atoms with Crippen LogP contribution in [0.4, 0.5) is 0 Å². The molecular formula is C10H19NO2. The first-order valence-corrected chi connectivity index (χ1v) is 4.58. The van der Waals surface area contributed by atoms with Crippen LogP contribution in [0.15, 0.2) is 0 Å². The highest BCUT2D eigenvalue weighted by Gasteiger charge is 2.05. The van der Waals surface area contributed by atoms with Gasteiger partial charge in [0.1, 0.15) is 0 Å². The fraction of sp³-hybridized carbons (Fsp3) is 0.800. The lowest BCUT2D eigenvalue weighted by Crippen LogP contribution is -2.34. The summed E-state index contributed by atoms with van der Waals surface area (Å²) in [5.74, 6) is 5.81. The van der Waals surface area contributed by atoms with E-state index in [1.807, 2.05) is 6.92 Å². The molecule has 0 aromatic heterocycles. The van der Waals surface area contributed by atoms with Gasteiger partial charge in [-0.3, -0.25) is 0 Å². The van der Waals surface area contributed by atoms with Gasteiger partial charge in [-0.15, -0.1) is 11.8 Å². The number of nitrogens with one attached hydrogen (secondary N) is 1. The monoisotopic (exact) mass is 185 g/mol. The molecule has 3 nitrogen and oxygen atoms in total. The van der Waals surface area contributed by atoms with E-state index in [2.05, 4.69) is 17.2 Å². The molecule has 2 N–H and O–H groups in total. The average molecular weight is 185 g/mol. The number of ether oxygens (including phenoxy) is 1. The lowest BCUT2D eigenvalue weighted by molar-refractivity contribution is 0.149. The number of rotatable bonds is 7. The number of hydrogen-bond donors (Lipinski definition) is 2. The molecule has 0 heterocycles. The zero-order chi connectivity index (χ0) is 9.94. The molecule has 0 amide bonds. The van der Waals surface area contributed by atoms with Gasteiger partial charge in [-0.1, -0.05) is 0 Å². The zero-order valence-electron chi connectivity index (χ0n) is 8.47. The van der Waals surface area contributed by atoms with Crippen LogP contribution in [0.3, 0.4) is 0 Å². The third-order valence-electron chi connectivity index (χ3n) is 1.71. The summed E-state index contributed by atoms with van der Waals surface area (Å²) in [4.78, 5) is 0. The normalized spacial score (nSPS) is 11.9. The number of aliphatic hydroxyl groups is 1. The van der Waals surface area contributed by atoms with Gasteiger partial charge in [-0.25, -0.2) is 0 Å². The first-order chi connectivity index (χ1) is 6.35. The standard InChI is InChI=1S/C10H19NO2/c1-3-4-5-7-11-10(6-8-12)9-13-2/h10-12H,5-9H2,1-2H3. The fourth-order valence-corrected chi connectivity index (χ4v) is 1.07. The van der Waals surface area contributed by atoms with Gasteiger partial charge in [0.05, 0.1) is 6.61 Å². The van der Waals surface area contributed by atoms with Crippen molar-refractivity contribution in [3.63, 3.8) is 0 Å². The van der Waals surface area contributed by atoms with Crippen molar-refractivity contribution in [1.82, 2.24) is 5.32 Å². The number of aliphatic hydroxyl groups excluding tert-OH is 1. The Labute approximate surface area is 80.5 Å². The van der Waals surface area contributed by atoms with Gasteiger partial charge >= 0.3 is 0 Å². The lowest BCUT2D eigenvalue weighted by atomic mass is 10.2. The summed E-state index contributed by atoms with van der Waals surface area (Å²) in [6.07, 6.45) is 1.58. The van der Waals surface area contributed by atoms with Crippen molar-refractivity contribution in [3.05, 3.63) is 0 Å². The van der Waals surface area contributed by atoms with E-state index in [1.54, 1.807) is 7.11 Å². The Morgan fingerprint density at radius 2 is 2.31 bits per heavy atom. The van der Waals surface area contributed by atoms with Crippen molar-refractivity contribution in [2.45, 2.75) is 25.8 Å². The van der Waals surface area contributed by atoms with E-state index in [-0.39, 0.29) is 12.6 Å². The van der Waals surface area contributed by atoms with Crippen molar-refractivity contribution in [3.8, 4) is 11.8 Å². The second-order valence-electron chi connectivity index (χ2n) is 2.80. The summed E-state index contributed by atoms with van der Waals surface area (Å²) in [7, 11) is 1.66. The summed E-state index contributed by atoms with van der Waals surface area (Å²) < 4.78 is 5.00. The highest BCUT2D eigenvalue weighted by molar-refractivity contribution is 4.95. The Kier molecular flexibility index (Phi) is 9.12. The van der Waals surface area contributed by atoms with Crippen molar-refractivity contribution in [1.29, 1.82) is 0 Å². The van der Waals surface area contributed by atoms with Crippen LogP contribution in [0.5, 0.6) is 0 Å². The molecule has 0 saturated heterocycles. The second-order valence-corrected chi connectivity index (χ2v) is 2.80. The maximum atomic E-state index is 8.74. The molecule has 0 radical (unpaired) electrons. The number of methoxy groups -OCH3 is 1. The van der Waals surface area contributed by atoms with Gasteiger partial charge in [0.15, 0.2) is 0 Å². The Hall–Kier alpha value is -0.560. The minimum Gasteiger partial charge on any atom is -0.396 e. The number of hydrogen-bond acceptors (Lipinski definition) is 3. The summed E-state index contributed by atoms with van der Waals surface area (Å²) in [5, 5.41) is 12.0. The molecule has 1 atom stereocenters. The topological polar surface area (TPSA) is 41.5 Å². The maximum Gasteiger partial charge on any atom is 0.0616 e. The first kappa shape index (κ1) is 12.4. The molecule has 1 unspecified atom stereocenters. The van der Waals surface area contributed by atoms with E-state index in [9.17, 15) is 0 Å². The van der Waals surface area contributed by atoms with E-state index in [0.717, 1.165) is 19.4 Å². The SMILES string of the molecule is CC#CCCNC(CCO)COC. The predicted octanol–water partition coefficient (Wildman–Crippen LogP) is 0.387. The molecule has 0 bridgehead atoms. The Morgan fingerprint density at radius 3 is 2.85 bits per heavy atom. The molecule has 0 aliphatic carbocycles. The van der Waals surface area contributed by atoms with Crippen LogP contribution in [0.25, 0.3) is 0 Å². The van der Waals surface area contributed by atoms with E-state index < -0.39 is 0 Å². The smallest absolute Gasteiger partial charge is 0.0616 e. The van der Waals surface area contributed by atoms with Crippen molar-refractivity contribution < 1.29 is 9.84 Å². The second kappa shape index (κ2) is 9.53. The third-order valence-corrected chi connectivity index (χ3v) is 1.71. The molecule has 13 heavy (non-hydrogen) atoms. The van der Waals surface area contributed by atoms with Gasteiger partial charge in [-0.05, 0) is 13.3 Å². The molecule has 0 fully saturated rings. The van der Waals surface area contributed by atoms with Crippen LogP contribution in [-0.4, -0.2) is 38.0 Å². The van der Waals surface area contributed by atoms with Gasteiger partial charge < -0.3 is 15.2 Å². The quantitative estimate of drug-likeness (QED) is 0.445. The summed E-state index contributed by atoms with van der Waals surface area (Å²) >= 11 is 0. The third kappa shape index (κ3) is 7.79. The highest BCUT2D eigenvalue weighted by Crippen LogP contribution is 1.91. The van der Waals surface area contributed by atoms with E-state index in [4.69, 9.17) is 9.84 Å². The van der Waals surface area contributed by atoms with Gasteiger partial charge in [-0.2, -0.15) is 0 Å². The van der Waals surface area contributed by atoms with Crippen LogP contribution in [0, 0.1) is 11.8 Å². The van der Waals surface area contributed by atoms with Gasteiger partial charge in [0.2, 0.25) is 0 Å². The molecule has 0 rings (SSSR count). The summed E-state index contributed by atoms with van der Waals surface area (Å²) in [5.41, 5.74) is 0.